The van der Waals surface area contributed by atoms with E-state index in [4.69, 9.17) is 4.74 Å². The number of nitrogens with one attached hydrogen (secondary N) is 1. The molecule has 2 N–H and O–H groups in total. The van der Waals surface area contributed by atoms with Crippen LogP contribution in [0.4, 0.5) is 0 Å². The van der Waals surface area contributed by atoms with E-state index in [0.29, 0.717) is 25.8 Å². The lowest BCUT2D eigenvalue weighted by Crippen LogP contribution is -2.37. The van der Waals surface area contributed by atoms with Gasteiger partial charge in [0.15, 0.2) is 0 Å². The van der Waals surface area contributed by atoms with Crippen LogP contribution in [0.2, 0.25) is 0 Å². The first-order valence-corrected chi connectivity index (χ1v) is 8.17. The summed E-state index contributed by atoms with van der Waals surface area (Å²) in [4.78, 5) is 1.21. The fraction of sp³-hybridized carbons (Fsp3) is 0.733. The molecule has 0 aliphatic heterocycles. The summed E-state index contributed by atoms with van der Waals surface area (Å²) in [6, 6.07) is 4.63. The van der Waals surface area contributed by atoms with Crippen molar-refractivity contribution in [3.05, 3.63) is 22.4 Å². The minimum Gasteiger partial charge on any atom is -0.389 e. The average Bonchev–Trinajstić information content (AvgIpc) is 3.08. The second-order valence-electron chi connectivity index (χ2n) is 5.44. The van der Waals surface area contributed by atoms with Crippen LogP contribution in [0.15, 0.2) is 17.5 Å². The highest BCUT2D eigenvalue weighted by molar-refractivity contribution is 7.09. The van der Waals surface area contributed by atoms with Crippen LogP contribution in [-0.4, -0.2) is 30.4 Å². The largest absolute Gasteiger partial charge is 0.389 e. The fourth-order valence-corrected chi connectivity index (χ4v) is 2.84. The predicted octanol–water partition coefficient (Wildman–Crippen LogP) is 2.79. The third-order valence-corrected chi connectivity index (χ3v) is 4.43. The van der Waals surface area contributed by atoms with Crippen molar-refractivity contribution in [2.24, 2.45) is 5.92 Å². The Morgan fingerprint density at radius 1 is 1.53 bits per heavy atom. The van der Waals surface area contributed by atoms with Gasteiger partial charge in [0.25, 0.3) is 0 Å². The van der Waals surface area contributed by atoms with Crippen LogP contribution in [0.25, 0.3) is 0 Å². The Hall–Kier alpha value is -0.420. The van der Waals surface area contributed by atoms with E-state index in [1.54, 1.807) is 11.3 Å². The first kappa shape index (κ1) is 15.0. The standard InChI is InChI=1S/C15H25NO2S/c1-2-13(8-12-5-6-12)16-9-14(17)10-18-11-15-4-3-7-19-15/h3-4,7,12-14,16-17H,2,5-6,8-11H2,1H3. The van der Waals surface area contributed by atoms with E-state index in [1.807, 2.05) is 11.4 Å². The zero-order valence-corrected chi connectivity index (χ0v) is 12.5. The average molecular weight is 283 g/mol. The summed E-state index contributed by atoms with van der Waals surface area (Å²) in [5, 5.41) is 15.4. The molecule has 0 radical (unpaired) electrons. The number of ether oxygens (including phenoxy) is 1. The molecule has 1 fully saturated rings. The Morgan fingerprint density at radius 3 is 3.00 bits per heavy atom. The van der Waals surface area contributed by atoms with Gasteiger partial charge in [-0.1, -0.05) is 25.8 Å². The molecule has 2 unspecified atom stereocenters. The van der Waals surface area contributed by atoms with Crippen LogP contribution in [0, 0.1) is 5.92 Å². The highest BCUT2D eigenvalue weighted by Crippen LogP contribution is 2.33. The van der Waals surface area contributed by atoms with Crippen molar-refractivity contribution >= 4 is 11.3 Å². The molecular weight excluding hydrogens is 258 g/mol. The Morgan fingerprint density at radius 2 is 2.37 bits per heavy atom. The first-order valence-electron chi connectivity index (χ1n) is 7.29. The maximum atomic E-state index is 9.89. The Kier molecular flexibility index (Phi) is 6.31. The molecule has 1 aliphatic rings. The molecule has 1 aliphatic carbocycles. The molecule has 0 amide bonds. The van der Waals surface area contributed by atoms with Gasteiger partial charge >= 0.3 is 0 Å². The van der Waals surface area contributed by atoms with Crippen LogP contribution >= 0.6 is 11.3 Å². The zero-order chi connectivity index (χ0) is 13.5. The molecule has 0 spiro atoms. The number of rotatable bonds is 10. The van der Waals surface area contributed by atoms with Gasteiger partial charge < -0.3 is 15.2 Å². The summed E-state index contributed by atoms with van der Waals surface area (Å²) >= 11 is 1.69. The minimum absolute atomic E-state index is 0.408. The topological polar surface area (TPSA) is 41.5 Å². The van der Waals surface area contributed by atoms with Crippen LogP contribution < -0.4 is 5.32 Å². The van der Waals surface area contributed by atoms with Crippen molar-refractivity contribution < 1.29 is 9.84 Å². The van der Waals surface area contributed by atoms with Gasteiger partial charge in [-0.2, -0.15) is 0 Å². The maximum absolute atomic E-state index is 9.89. The van der Waals surface area contributed by atoms with Gasteiger partial charge in [-0.25, -0.2) is 0 Å². The molecule has 1 heterocycles. The summed E-state index contributed by atoms with van der Waals surface area (Å²) < 4.78 is 5.52. The summed E-state index contributed by atoms with van der Waals surface area (Å²) in [6.45, 7) is 3.86. The third-order valence-electron chi connectivity index (χ3n) is 3.58. The van der Waals surface area contributed by atoms with Crippen LogP contribution in [0.3, 0.4) is 0 Å². The highest BCUT2D eigenvalue weighted by Gasteiger charge is 2.24. The van der Waals surface area contributed by atoms with Gasteiger partial charge in [-0.05, 0) is 30.2 Å². The molecule has 2 rings (SSSR count). The summed E-state index contributed by atoms with van der Waals surface area (Å²) in [7, 11) is 0. The number of hydrogen-bond acceptors (Lipinski definition) is 4. The molecule has 19 heavy (non-hydrogen) atoms. The Labute approximate surface area is 120 Å². The Balaban J connectivity index is 1.54. The molecule has 1 aromatic heterocycles. The lowest BCUT2D eigenvalue weighted by Gasteiger charge is -2.19. The van der Waals surface area contributed by atoms with Crippen molar-refractivity contribution in [3.63, 3.8) is 0 Å². The number of aliphatic hydroxyl groups excluding tert-OH is 1. The van der Waals surface area contributed by atoms with Crippen molar-refractivity contribution in [3.8, 4) is 0 Å². The SMILES string of the molecule is CCC(CC1CC1)NCC(O)COCc1cccs1. The maximum Gasteiger partial charge on any atom is 0.0897 e. The van der Waals surface area contributed by atoms with Gasteiger partial charge in [-0.15, -0.1) is 11.3 Å². The molecule has 4 heteroatoms. The van der Waals surface area contributed by atoms with Crippen molar-refractivity contribution in [2.45, 2.75) is 51.4 Å². The quantitative estimate of drug-likeness (QED) is 0.694. The number of hydrogen-bond donors (Lipinski definition) is 2. The van der Waals surface area contributed by atoms with Gasteiger partial charge in [0.1, 0.15) is 0 Å². The van der Waals surface area contributed by atoms with E-state index in [0.717, 1.165) is 12.3 Å². The van der Waals surface area contributed by atoms with Crippen molar-refractivity contribution in [1.29, 1.82) is 0 Å². The molecule has 1 saturated carbocycles. The molecule has 108 valence electrons. The molecule has 2 atom stereocenters. The second kappa shape index (κ2) is 8.00. The summed E-state index contributed by atoms with van der Waals surface area (Å²) in [5.41, 5.74) is 0. The number of aliphatic hydroxyl groups is 1. The monoisotopic (exact) mass is 283 g/mol. The van der Waals surface area contributed by atoms with Crippen molar-refractivity contribution in [2.75, 3.05) is 13.2 Å². The molecular formula is C15H25NO2S. The van der Waals surface area contributed by atoms with Gasteiger partial charge in [0.05, 0.1) is 19.3 Å². The lowest BCUT2D eigenvalue weighted by molar-refractivity contribution is 0.0283. The minimum atomic E-state index is -0.409. The van der Waals surface area contributed by atoms with E-state index in [2.05, 4.69) is 18.3 Å². The number of thiophene rings is 1. The predicted molar refractivity (Wildman–Crippen MR) is 79.4 cm³/mol. The van der Waals surface area contributed by atoms with E-state index in [9.17, 15) is 5.11 Å². The smallest absolute Gasteiger partial charge is 0.0897 e. The molecule has 0 aromatic carbocycles. The summed E-state index contributed by atoms with van der Waals surface area (Å²) in [6.07, 6.45) is 4.78. The van der Waals surface area contributed by atoms with Crippen LogP contribution in [0.5, 0.6) is 0 Å². The first-order chi connectivity index (χ1) is 9.28. The van der Waals surface area contributed by atoms with E-state index in [1.165, 1.54) is 24.1 Å². The van der Waals surface area contributed by atoms with E-state index in [-0.39, 0.29) is 0 Å². The second-order valence-corrected chi connectivity index (χ2v) is 6.47. The van der Waals surface area contributed by atoms with Crippen molar-refractivity contribution in [1.82, 2.24) is 5.32 Å². The van der Waals surface area contributed by atoms with Gasteiger partial charge in [0.2, 0.25) is 0 Å². The van der Waals surface area contributed by atoms with Crippen LogP contribution in [-0.2, 0) is 11.3 Å². The zero-order valence-electron chi connectivity index (χ0n) is 11.7. The molecule has 1 aromatic rings. The van der Waals surface area contributed by atoms with E-state index < -0.39 is 6.10 Å². The molecule has 0 bridgehead atoms. The molecule has 3 nitrogen and oxygen atoms in total. The van der Waals surface area contributed by atoms with Gasteiger partial charge in [0, 0.05) is 17.5 Å². The highest BCUT2D eigenvalue weighted by atomic mass is 32.1. The lowest BCUT2D eigenvalue weighted by atomic mass is 10.1. The normalized spacial score (nSPS) is 18.4. The van der Waals surface area contributed by atoms with E-state index >= 15 is 0 Å². The van der Waals surface area contributed by atoms with Gasteiger partial charge in [-0.3, -0.25) is 0 Å². The summed E-state index contributed by atoms with van der Waals surface area (Å²) in [5.74, 6) is 0.935. The fourth-order valence-electron chi connectivity index (χ4n) is 2.20. The van der Waals surface area contributed by atoms with Crippen LogP contribution in [0.1, 0.15) is 37.5 Å². The Bertz CT molecular complexity index is 338. The molecule has 0 saturated heterocycles. The third kappa shape index (κ3) is 6.04.